The molecule has 0 fully saturated rings. The molecule has 0 aliphatic rings. The van der Waals surface area contributed by atoms with Crippen molar-refractivity contribution in [2.24, 2.45) is 0 Å². The van der Waals surface area contributed by atoms with Gasteiger partial charge >= 0.3 is 5.97 Å². The minimum atomic E-state index is -0.473. The van der Waals surface area contributed by atoms with E-state index < -0.39 is 11.9 Å². The second kappa shape index (κ2) is 9.73. The van der Waals surface area contributed by atoms with E-state index in [1.165, 1.54) is 20.1 Å². The van der Waals surface area contributed by atoms with Crippen molar-refractivity contribution in [3.8, 4) is 17.6 Å². The number of nitrogens with zero attached hydrogens (tertiary/aromatic N) is 1. The third-order valence-corrected chi connectivity index (χ3v) is 4.27. The van der Waals surface area contributed by atoms with E-state index in [0.717, 1.165) is 5.56 Å². The van der Waals surface area contributed by atoms with Crippen molar-refractivity contribution in [2.75, 3.05) is 7.11 Å². The first-order valence-corrected chi connectivity index (χ1v) is 9.02. The average molecular weight is 476 g/mol. The molecular weight excluding hydrogens is 459 g/mol. The fraction of sp³-hybridized carbons (Fsp3) is 0.150. The molecule has 0 saturated carbocycles. The summed E-state index contributed by atoms with van der Waals surface area (Å²) in [6.07, 6.45) is 1.46. The highest BCUT2D eigenvalue weighted by atomic mass is 127. The molecule has 0 spiro atoms. The minimum absolute atomic E-state index is 0.0379. The number of ether oxygens (including phenoxy) is 2. The number of halogens is 1. The van der Waals surface area contributed by atoms with Gasteiger partial charge in [-0.3, -0.25) is 9.59 Å². The van der Waals surface area contributed by atoms with Gasteiger partial charge in [-0.15, -0.1) is 0 Å². The van der Waals surface area contributed by atoms with Gasteiger partial charge in [0, 0.05) is 13.5 Å². The van der Waals surface area contributed by atoms with Crippen LogP contribution in [0, 0.1) is 14.9 Å². The number of rotatable bonds is 6. The molecule has 0 aliphatic heterocycles. The summed E-state index contributed by atoms with van der Waals surface area (Å²) in [7, 11) is 1.45. The lowest BCUT2D eigenvalue weighted by atomic mass is 10.1. The topological polar surface area (TPSA) is 88.4 Å². The molecule has 0 unspecified atom stereocenters. The van der Waals surface area contributed by atoms with Crippen LogP contribution >= 0.6 is 22.6 Å². The van der Waals surface area contributed by atoms with Gasteiger partial charge in [-0.1, -0.05) is 30.3 Å². The predicted octanol–water partition coefficient (Wildman–Crippen LogP) is 3.45. The molecule has 1 N–H and O–H groups in total. The lowest BCUT2D eigenvalue weighted by Crippen LogP contribution is -2.23. The Hall–Kier alpha value is -2.86. The van der Waals surface area contributed by atoms with E-state index in [4.69, 9.17) is 9.47 Å². The summed E-state index contributed by atoms with van der Waals surface area (Å²) in [5.74, 6) is -0.299. The number of esters is 1. The maximum atomic E-state index is 12.3. The van der Waals surface area contributed by atoms with E-state index in [1.54, 1.807) is 12.1 Å². The fourth-order valence-corrected chi connectivity index (χ4v) is 2.99. The number of hydrogen-bond acceptors (Lipinski definition) is 5. The number of nitrogens with one attached hydrogen (secondary N) is 1. The van der Waals surface area contributed by atoms with Gasteiger partial charge < -0.3 is 14.8 Å². The summed E-state index contributed by atoms with van der Waals surface area (Å²) in [5, 5.41) is 12.1. The molecule has 0 aliphatic carbocycles. The number of carbonyl (C=O) groups excluding carboxylic acids is 2. The van der Waals surface area contributed by atoms with Crippen LogP contribution in [0.2, 0.25) is 0 Å². The predicted molar refractivity (Wildman–Crippen MR) is 109 cm³/mol. The number of carbonyl (C=O) groups is 2. The summed E-state index contributed by atoms with van der Waals surface area (Å²) in [5.41, 5.74) is 1.48. The van der Waals surface area contributed by atoms with Crippen LogP contribution in [-0.4, -0.2) is 19.0 Å². The number of nitriles is 1. The summed E-state index contributed by atoms with van der Waals surface area (Å²) < 4.78 is 11.0. The van der Waals surface area contributed by atoms with Crippen molar-refractivity contribution in [1.82, 2.24) is 5.32 Å². The van der Waals surface area contributed by atoms with Gasteiger partial charge in [0.05, 0.1) is 10.7 Å². The normalized spacial score (nSPS) is 10.7. The van der Waals surface area contributed by atoms with E-state index >= 15 is 0 Å². The van der Waals surface area contributed by atoms with Crippen molar-refractivity contribution in [1.29, 1.82) is 5.26 Å². The molecule has 0 radical (unpaired) electrons. The Bertz CT molecular complexity index is 918. The van der Waals surface area contributed by atoms with E-state index in [-0.39, 0.29) is 5.57 Å². The lowest BCUT2D eigenvalue weighted by molar-refractivity contribution is -0.132. The molecule has 0 aromatic heterocycles. The number of amides is 1. The Labute approximate surface area is 170 Å². The van der Waals surface area contributed by atoms with Crippen molar-refractivity contribution < 1.29 is 19.1 Å². The lowest BCUT2D eigenvalue weighted by Gasteiger charge is -2.11. The maximum absolute atomic E-state index is 12.3. The van der Waals surface area contributed by atoms with Gasteiger partial charge in [0.25, 0.3) is 5.91 Å². The average Bonchev–Trinajstić information content (AvgIpc) is 2.66. The summed E-state index contributed by atoms with van der Waals surface area (Å²) in [6.45, 7) is 1.62. The summed E-state index contributed by atoms with van der Waals surface area (Å²) in [6, 6.07) is 14.6. The van der Waals surface area contributed by atoms with Crippen molar-refractivity contribution in [3.63, 3.8) is 0 Å². The molecule has 7 heteroatoms. The summed E-state index contributed by atoms with van der Waals surface area (Å²) in [4.78, 5) is 23.5. The molecule has 0 bridgehead atoms. The van der Waals surface area contributed by atoms with Gasteiger partial charge in [-0.25, -0.2) is 0 Å². The highest BCUT2D eigenvalue weighted by molar-refractivity contribution is 14.1. The highest BCUT2D eigenvalue weighted by Crippen LogP contribution is 2.34. The third kappa shape index (κ3) is 5.82. The van der Waals surface area contributed by atoms with Crippen LogP contribution in [0.15, 0.2) is 48.0 Å². The molecule has 0 saturated heterocycles. The molecule has 2 rings (SSSR count). The van der Waals surface area contributed by atoms with Gasteiger partial charge in [0.15, 0.2) is 11.5 Å². The first kappa shape index (κ1) is 20.5. The van der Waals surface area contributed by atoms with Gasteiger partial charge in [-0.05, 0) is 51.9 Å². The second-order valence-corrected chi connectivity index (χ2v) is 6.63. The number of methoxy groups -OCH3 is 1. The van der Waals surface area contributed by atoms with Crippen LogP contribution < -0.4 is 14.8 Å². The zero-order chi connectivity index (χ0) is 19.8. The molecule has 2 aromatic carbocycles. The Balaban J connectivity index is 2.23. The number of hydrogen-bond donors (Lipinski definition) is 1. The Morgan fingerprint density at radius 1 is 1.26 bits per heavy atom. The molecule has 2 aromatic rings. The largest absolute Gasteiger partial charge is 0.493 e. The Morgan fingerprint density at radius 3 is 2.56 bits per heavy atom. The van der Waals surface area contributed by atoms with Crippen LogP contribution in [0.3, 0.4) is 0 Å². The molecule has 138 valence electrons. The van der Waals surface area contributed by atoms with Crippen molar-refractivity contribution >= 4 is 40.5 Å². The van der Waals surface area contributed by atoms with Crippen LogP contribution in [0.5, 0.6) is 11.5 Å². The van der Waals surface area contributed by atoms with Gasteiger partial charge in [0.1, 0.15) is 11.6 Å². The van der Waals surface area contributed by atoms with Crippen LogP contribution in [0.4, 0.5) is 0 Å². The first-order chi connectivity index (χ1) is 12.9. The molecular formula is C20H17IN2O4. The molecule has 6 nitrogen and oxygen atoms in total. The maximum Gasteiger partial charge on any atom is 0.308 e. The second-order valence-electron chi connectivity index (χ2n) is 5.47. The molecule has 0 heterocycles. The van der Waals surface area contributed by atoms with E-state index in [2.05, 4.69) is 5.32 Å². The molecule has 1 amide bonds. The van der Waals surface area contributed by atoms with E-state index in [0.29, 0.717) is 27.2 Å². The zero-order valence-electron chi connectivity index (χ0n) is 14.8. The zero-order valence-corrected chi connectivity index (χ0v) is 16.9. The van der Waals surface area contributed by atoms with Crippen molar-refractivity contribution in [2.45, 2.75) is 13.5 Å². The highest BCUT2D eigenvalue weighted by Gasteiger charge is 2.15. The van der Waals surface area contributed by atoms with Crippen LogP contribution in [0.1, 0.15) is 18.1 Å². The molecule has 27 heavy (non-hydrogen) atoms. The fourth-order valence-electron chi connectivity index (χ4n) is 2.25. The Kier molecular flexibility index (Phi) is 7.37. The van der Waals surface area contributed by atoms with Gasteiger partial charge in [0.2, 0.25) is 0 Å². The van der Waals surface area contributed by atoms with Crippen molar-refractivity contribution in [3.05, 3.63) is 62.7 Å². The minimum Gasteiger partial charge on any atom is -0.493 e. The van der Waals surface area contributed by atoms with E-state index in [9.17, 15) is 14.9 Å². The first-order valence-electron chi connectivity index (χ1n) is 7.94. The Morgan fingerprint density at radius 2 is 1.96 bits per heavy atom. The summed E-state index contributed by atoms with van der Waals surface area (Å²) >= 11 is 2.00. The van der Waals surface area contributed by atoms with Crippen LogP contribution in [0.25, 0.3) is 6.08 Å². The van der Waals surface area contributed by atoms with E-state index in [1.807, 2.05) is 59.0 Å². The van der Waals surface area contributed by atoms with Gasteiger partial charge in [-0.2, -0.15) is 5.26 Å². The molecule has 0 atom stereocenters. The quantitative estimate of drug-likeness (QED) is 0.227. The number of benzene rings is 2. The SMILES string of the molecule is COc1cc(/C=C(\C#N)C(=O)NCc2ccccc2)cc(I)c1OC(C)=O. The van der Waals surface area contributed by atoms with Crippen LogP contribution in [-0.2, 0) is 16.1 Å². The third-order valence-electron chi connectivity index (χ3n) is 3.47. The smallest absolute Gasteiger partial charge is 0.308 e. The monoisotopic (exact) mass is 476 g/mol. The standard InChI is InChI=1S/C20H17IN2O4/c1-13(24)27-19-17(21)9-15(10-18(19)26-2)8-16(11-22)20(25)23-12-14-6-4-3-5-7-14/h3-10H,12H2,1-2H3,(H,23,25)/b16-8+.